The number of carbonyl (C=O) groups is 2. The van der Waals surface area contributed by atoms with Gasteiger partial charge in [0.05, 0.1) is 0 Å². The van der Waals surface area contributed by atoms with Gasteiger partial charge in [-0.1, -0.05) is 37.4 Å². The Hall–Kier alpha value is -3.62. The summed E-state index contributed by atoms with van der Waals surface area (Å²) in [6.07, 6.45) is 0.893. The summed E-state index contributed by atoms with van der Waals surface area (Å²) >= 11 is 0. The summed E-state index contributed by atoms with van der Waals surface area (Å²) in [5.41, 5.74) is 2.13. The second kappa shape index (κ2) is 13.7. The highest BCUT2D eigenvalue weighted by molar-refractivity contribution is 5.81. The Balaban J connectivity index is 1.74. The summed E-state index contributed by atoms with van der Waals surface area (Å²) < 4.78 is 20.5. The Morgan fingerprint density at radius 2 is 1.06 bits per heavy atom. The minimum atomic E-state index is -0.933. The Morgan fingerprint density at radius 3 is 1.39 bits per heavy atom. The molecule has 0 aliphatic rings. The molecule has 2 rings (SSSR count). The van der Waals surface area contributed by atoms with Gasteiger partial charge in [0.15, 0.2) is 0 Å². The maximum absolute atomic E-state index is 11.0. The molecule has 2 aromatic rings. The number of aliphatic hydroxyl groups is 2. The van der Waals surface area contributed by atoms with E-state index in [9.17, 15) is 19.8 Å². The monoisotopic (exact) mass is 456 g/mol. The minimum absolute atomic E-state index is 0.00336. The van der Waals surface area contributed by atoms with Gasteiger partial charge in [0.2, 0.25) is 0 Å². The van der Waals surface area contributed by atoms with Crippen LogP contribution in [-0.4, -0.2) is 60.8 Å². The van der Waals surface area contributed by atoms with E-state index in [0.717, 1.165) is 23.3 Å². The van der Waals surface area contributed by atoms with Gasteiger partial charge in [-0.2, -0.15) is 0 Å². The molecule has 0 spiro atoms. The van der Waals surface area contributed by atoms with Crippen LogP contribution in [0.25, 0.3) is 0 Å². The zero-order valence-corrected chi connectivity index (χ0v) is 18.2. The van der Waals surface area contributed by atoms with Gasteiger partial charge in [-0.15, -0.1) is 0 Å². The molecule has 2 atom stereocenters. The van der Waals surface area contributed by atoms with E-state index in [1.807, 2.05) is 24.3 Å². The summed E-state index contributed by atoms with van der Waals surface area (Å²) in [5, 5.41) is 19.5. The lowest BCUT2D eigenvalue weighted by Crippen LogP contribution is -2.24. The van der Waals surface area contributed by atoms with Gasteiger partial charge in [-0.05, 0) is 41.8 Å². The quantitative estimate of drug-likeness (QED) is 0.329. The molecule has 8 heteroatoms. The highest BCUT2D eigenvalue weighted by Gasteiger charge is 2.09. The molecule has 0 saturated heterocycles. The summed E-state index contributed by atoms with van der Waals surface area (Å²) in [7, 11) is 0. The Kier molecular flexibility index (Phi) is 10.7. The van der Waals surface area contributed by atoms with Crippen molar-refractivity contribution < 1.29 is 38.7 Å². The highest BCUT2D eigenvalue weighted by Crippen LogP contribution is 2.18. The third-order valence-corrected chi connectivity index (χ3v) is 4.31. The zero-order chi connectivity index (χ0) is 24.1. The van der Waals surface area contributed by atoms with E-state index in [2.05, 4.69) is 13.2 Å². The van der Waals surface area contributed by atoms with Crippen molar-refractivity contribution in [3.63, 3.8) is 0 Å². The Morgan fingerprint density at radius 1 is 0.697 bits per heavy atom. The first-order chi connectivity index (χ1) is 15.9. The molecule has 0 aromatic heterocycles. The summed E-state index contributed by atoms with van der Waals surface area (Å²) in [4.78, 5) is 22.0. The first-order valence-electron chi connectivity index (χ1n) is 10.3. The van der Waals surface area contributed by atoms with Crippen LogP contribution in [0.3, 0.4) is 0 Å². The lowest BCUT2D eigenvalue weighted by molar-refractivity contribution is -0.142. The highest BCUT2D eigenvalue weighted by atomic mass is 16.6. The molecule has 0 radical (unpaired) electrons. The molecule has 0 fully saturated rings. The van der Waals surface area contributed by atoms with Crippen molar-refractivity contribution in [2.24, 2.45) is 0 Å². The second-order valence-corrected chi connectivity index (χ2v) is 7.06. The van der Waals surface area contributed by atoms with Crippen molar-refractivity contribution in [1.29, 1.82) is 0 Å². The first-order valence-corrected chi connectivity index (χ1v) is 10.3. The molecule has 33 heavy (non-hydrogen) atoms. The number of hydrogen-bond acceptors (Lipinski definition) is 8. The van der Waals surface area contributed by atoms with Gasteiger partial charge in [-0.25, -0.2) is 9.59 Å². The number of carbonyl (C=O) groups excluding carboxylic acids is 2. The van der Waals surface area contributed by atoms with E-state index in [1.54, 1.807) is 24.3 Å². The molecular weight excluding hydrogens is 428 g/mol. The van der Waals surface area contributed by atoms with Gasteiger partial charge < -0.3 is 29.2 Å². The van der Waals surface area contributed by atoms with Crippen LogP contribution in [0.5, 0.6) is 11.5 Å². The molecule has 0 aliphatic heterocycles. The number of esters is 2. The topological polar surface area (TPSA) is 112 Å². The molecule has 0 bridgehead atoms. The summed E-state index contributed by atoms with van der Waals surface area (Å²) in [6, 6.07) is 14.9. The van der Waals surface area contributed by atoms with E-state index in [0.29, 0.717) is 17.9 Å². The van der Waals surface area contributed by atoms with Gasteiger partial charge in [0.25, 0.3) is 0 Å². The Labute approximate surface area is 192 Å². The molecule has 0 saturated carbocycles. The predicted molar refractivity (Wildman–Crippen MR) is 121 cm³/mol. The lowest BCUT2D eigenvalue weighted by Gasteiger charge is -2.13. The van der Waals surface area contributed by atoms with Crippen LogP contribution >= 0.6 is 0 Å². The maximum Gasteiger partial charge on any atom is 0.330 e. The predicted octanol–water partition coefficient (Wildman–Crippen LogP) is 2.22. The van der Waals surface area contributed by atoms with Crippen LogP contribution in [-0.2, 0) is 25.5 Å². The lowest BCUT2D eigenvalue weighted by atomic mass is 10.0. The zero-order valence-electron chi connectivity index (χ0n) is 18.2. The van der Waals surface area contributed by atoms with Gasteiger partial charge in [-0.3, -0.25) is 0 Å². The third-order valence-electron chi connectivity index (χ3n) is 4.31. The summed E-state index contributed by atoms with van der Waals surface area (Å²) in [6.45, 7) is 6.24. The van der Waals surface area contributed by atoms with Crippen molar-refractivity contribution in [3.05, 3.63) is 85.0 Å². The van der Waals surface area contributed by atoms with Gasteiger partial charge in [0.1, 0.15) is 50.1 Å². The van der Waals surface area contributed by atoms with Crippen LogP contribution in [0.4, 0.5) is 0 Å². The van der Waals surface area contributed by atoms with Gasteiger partial charge in [0, 0.05) is 12.2 Å². The van der Waals surface area contributed by atoms with E-state index < -0.39 is 24.1 Å². The van der Waals surface area contributed by atoms with Gasteiger partial charge >= 0.3 is 11.9 Å². The van der Waals surface area contributed by atoms with E-state index >= 15 is 0 Å². The van der Waals surface area contributed by atoms with Crippen molar-refractivity contribution in [1.82, 2.24) is 0 Å². The van der Waals surface area contributed by atoms with Crippen LogP contribution < -0.4 is 9.47 Å². The molecule has 2 unspecified atom stereocenters. The molecule has 0 heterocycles. The third kappa shape index (κ3) is 10.0. The van der Waals surface area contributed by atoms with Crippen LogP contribution in [0.2, 0.25) is 0 Å². The van der Waals surface area contributed by atoms with Crippen LogP contribution in [0.15, 0.2) is 73.8 Å². The molecular formula is C25H28O8. The fourth-order valence-electron chi connectivity index (χ4n) is 2.60. The molecule has 0 aliphatic carbocycles. The van der Waals surface area contributed by atoms with E-state index in [4.69, 9.17) is 18.9 Å². The fourth-order valence-corrected chi connectivity index (χ4v) is 2.60. The van der Waals surface area contributed by atoms with Crippen molar-refractivity contribution in [2.45, 2.75) is 18.6 Å². The second-order valence-electron chi connectivity index (χ2n) is 7.06. The molecule has 176 valence electrons. The average Bonchev–Trinajstić information content (AvgIpc) is 2.84. The normalized spacial score (nSPS) is 12.2. The number of aliphatic hydroxyl groups excluding tert-OH is 2. The van der Waals surface area contributed by atoms with Crippen LogP contribution in [0.1, 0.15) is 11.1 Å². The maximum atomic E-state index is 11.0. The largest absolute Gasteiger partial charge is 0.491 e. The first kappa shape index (κ1) is 25.6. The van der Waals surface area contributed by atoms with Crippen molar-refractivity contribution in [2.75, 3.05) is 26.4 Å². The minimum Gasteiger partial charge on any atom is -0.491 e. The van der Waals surface area contributed by atoms with Crippen LogP contribution in [0, 0.1) is 0 Å². The van der Waals surface area contributed by atoms with Crippen molar-refractivity contribution >= 4 is 11.9 Å². The van der Waals surface area contributed by atoms with E-state index in [1.165, 1.54) is 0 Å². The average molecular weight is 456 g/mol. The molecule has 2 N–H and O–H groups in total. The molecule has 8 nitrogen and oxygen atoms in total. The number of hydrogen-bond donors (Lipinski definition) is 2. The van der Waals surface area contributed by atoms with E-state index in [-0.39, 0.29) is 26.4 Å². The van der Waals surface area contributed by atoms with Crippen molar-refractivity contribution in [3.8, 4) is 11.5 Å². The number of rotatable bonds is 14. The fraction of sp³-hybridized carbons (Fsp3) is 0.280. The standard InChI is InChI=1S/C25H28O8/c1-3-24(28)32-16-20(26)14-30-22-9-5-18(6-10-22)13-19-7-11-23(12-8-19)31-15-21(27)17-33-25(29)4-2/h3-12,20-21,26-27H,1-2,13-17H2. The molecule has 2 aromatic carbocycles. The number of benzene rings is 2. The molecule has 0 amide bonds. The number of ether oxygens (including phenoxy) is 4. The SMILES string of the molecule is C=CC(=O)OCC(O)COc1ccc(Cc2ccc(OCC(O)COC(=O)C=C)cc2)cc1. The summed E-state index contributed by atoms with van der Waals surface area (Å²) in [5.74, 6) is -0.00731. The smallest absolute Gasteiger partial charge is 0.330 e. The Bertz CT molecular complexity index is 830.